The largest absolute Gasteiger partial charge is 0.459 e. The molecule has 1 aromatic carbocycles. The van der Waals surface area contributed by atoms with Crippen molar-refractivity contribution in [2.75, 3.05) is 11.4 Å². The molecule has 0 saturated carbocycles. The van der Waals surface area contributed by atoms with Crippen LogP contribution in [0.1, 0.15) is 43.9 Å². The van der Waals surface area contributed by atoms with Gasteiger partial charge in [-0.05, 0) is 24.0 Å². The Balaban J connectivity index is 1.73. The number of rotatable bonds is 6. The van der Waals surface area contributed by atoms with Crippen molar-refractivity contribution in [3.63, 3.8) is 0 Å². The summed E-state index contributed by atoms with van der Waals surface area (Å²) in [6.45, 7) is 4.26. The maximum Gasteiger partial charge on any atom is 0.330 e. The first-order valence-electron chi connectivity index (χ1n) is 10.1. The van der Waals surface area contributed by atoms with Gasteiger partial charge in [0.25, 0.3) is 5.56 Å². The van der Waals surface area contributed by atoms with Crippen LogP contribution in [-0.4, -0.2) is 27.6 Å². The van der Waals surface area contributed by atoms with Gasteiger partial charge in [-0.3, -0.25) is 23.5 Å². The first-order chi connectivity index (χ1) is 14.2. The van der Waals surface area contributed by atoms with Gasteiger partial charge < -0.3 is 9.64 Å². The van der Waals surface area contributed by atoms with Crippen LogP contribution in [0.5, 0.6) is 0 Å². The summed E-state index contributed by atoms with van der Waals surface area (Å²) in [6, 6.07) is 9.02. The van der Waals surface area contributed by atoms with Gasteiger partial charge in [-0.15, -0.1) is 0 Å². The fraction of sp³-hybridized carbons (Fsp3) is 0.455. The summed E-state index contributed by atoms with van der Waals surface area (Å²) in [5, 5.41) is 0. The number of ether oxygens (including phenoxy) is 1. The van der Waals surface area contributed by atoms with Crippen molar-refractivity contribution in [3.05, 3.63) is 62.4 Å². The predicted octanol–water partition coefficient (Wildman–Crippen LogP) is 1.69. The molecule has 0 spiro atoms. The van der Waals surface area contributed by atoms with Gasteiger partial charge in [0.1, 0.15) is 6.61 Å². The van der Waals surface area contributed by atoms with Gasteiger partial charge in [0.2, 0.25) is 5.91 Å². The molecule has 160 valence electrons. The zero-order chi connectivity index (χ0) is 22.0. The third kappa shape index (κ3) is 4.08. The molecule has 0 bridgehead atoms. The van der Waals surface area contributed by atoms with Crippen molar-refractivity contribution in [2.24, 2.45) is 20.0 Å². The predicted molar refractivity (Wildman–Crippen MR) is 112 cm³/mol. The van der Waals surface area contributed by atoms with Gasteiger partial charge in [0, 0.05) is 38.8 Å². The van der Waals surface area contributed by atoms with E-state index in [0.717, 1.165) is 22.2 Å². The lowest BCUT2D eigenvalue weighted by Gasteiger charge is -2.23. The summed E-state index contributed by atoms with van der Waals surface area (Å²) in [7, 11) is 2.90. The standard InChI is InChI=1S/C22H27N3O5/c1-5-14(2)17-8-6-7-9-18(17)25-12-15(10-20(25)27)21(28)30-13-16-11-19(26)24(4)22(29)23(16)3/h6-9,11,14-15H,5,10,12-13H2,1-4H3/t14-,15-/m1/s1. The van der Waals surface area contributed by atoms with E-state index in [9.17, 15) is 19.2 Å². The van der Waals surface area contributed by atoms with Crippen molar-refractivity contribution in [2.45, 2.75) is 39.2 Å². The number of aromatic nitrogens is 2. The minimum absolute atomic E-state index is 0.0726. The maximum absolute atomic E-state index is 12.6. The van der Waals surface area contributed by atoms with Gasteiger partial charge in [-0.1, -0.05) is 32.0 Å². The molecule has 1 aliphatic rings. The lowest BCUT2D eigenvalue weighted by Crippen LogP contribution is -2.38. The van der Waals surface area contributed by atoms with E-state index in [0.29, 0.717) is 11.6 Å². The fourth-order valence-corrected chi connectivity index (χ4v) is 3.65. The first-order valence-corrected chi connectivity index (χ1v) is 10.1. The number of carbonyl (C=O) groups excluding carboxylic acids is 2. The quantitative estimate of drug-likeness (QED) is 0.673. The van der Waals surface area contributed by atoms with Crippen LogP contribution in [-0.2, 0) is 35.0 Å². The van der Waals surface area contributed by atoms with Gasteiger partial charge in [-0.2, -0.15) is 0 Å². The third-order valence-corrected chi connectivity index (χ3v) is 5.82. The Labute approximate surface area is 174 Å². The Morgan fingerprint density at radius 2 is 1.87 bits per heavy atom. The molecule has 1 saturated heterocycles. The normalized spacial score (nSPS) is 17.3. The Morgan fingerprint density at radius 1 is 1.17 bits per heavy atom. The van der Waals surface area contributed by atoms with Crippen LogP contribution in [0.15, 0.2) is 39.9 Å². The first kappa shape index (κ1) is 21.5. The SMILES string of the molecule is CC[C@@H](C)c1ccccc1N1C[C@H](C(=O)OCc2cc(=O)n(C)c(=O)n2C)CC1=O. The molecule has 3 rings (SSSR count). The highest BCUT2D eigenvalue weighted by molar-refractivity contribution is 6.00. The smallest absolute Gasteiger partial charge is 0.330 e. The van der Waals surface area contributed by atoms with Crippen LogP contribution in [0, 0.1) is 5.92 Å². The molecule has 8 heteroatoms. The van der Waals surface area contributed by atoms with Crippen LogP contribution in [0.2, 0.25) is 0 Å². The molecular formula is C22H27N3O5. The lowest BCUT2D eigenvalue weighted by atomic mass is 9.96. The highest BCUT2D eigenvalue weighted by Gasteiger charge is 2.37. The number of esters is 1. The summed E-state index contributed by atoms with van der Waals surface area (Å²) in [5.74, 6) is -0.929. The van der Waals surface area contributed by atoms with Crippen LogP contribution in [0.25, 0.3) is 0 Å². The number of nitrogens with zero attached hydrogens (tertiary/aromatic N) is 3. The van der Waals surface area contributed by atoms with Crippen molar-refractivity contribution < 1.29 is 14.3 Å². The Hall–Kier alpha value is -3.16. The molecule has 30 heavy (non-hydrogen) atoms. The molecule has 0 aliphatic carbocycles. The number of hydrogen-bond donors (Lipinski definition) is 0. The highest BCUT2D eigenvalue weighted by atomic mass is 16.5. The summed E-state index contributed by atoms with van der Waals surface area (Å²) in [4.78, 5) is 50.7. The van der Waals surface area contributed by atoms with E-state index in [-0.39, 0.29) is 25.5 Å². The average Bonchev–Trinajstić information content (AvgIpc) is 3.14. The van der Waals surface area contributed by atoms with Crippen LogP contribution in [0.4, 0.5) is 5.69 Å². The van der Waals surface area contributed by atoms with Crippen LogP contribution in [0.3, 0.4) is 0 Å². The average molecular weight is 413 g/mol. The molecule has 2 atom stereocenters. The molecule has 0 radical (unpaired) electrons. The minimum Gasteiger partial charge on any atom is -0.459 e. The zero-order valence-corrected chi connectivity index (χ0v) is 17.8. The molecule has 1 amide bonds. The van der Waals surface area contributed by atoms with Crippen molar-refractivity contribution in [3.8, 4) is 0 Å². The maximum atomic E-state index is 12.6. The van der Waals surface area contributed by atoms with Crippen molar-refractivity contribution in [1.29, 1.82) is 0 Å². The number of benzene rings is 1. The Kier molecular flexibility index (Phi) is 6.24. The molecule has 1 aliphatic heterocycles. The number of anilines is 1. The molecule has 2 heterocycles. The molecule has 2 aromatic rings. The van der Waals surface area contributed by atoms with Crippen molar-refractivity contribution in [1.82, 2.24) is 9.13 Å². The second kappa shape index (κ2) is 8.69. The van der Waals surface area contributed by atoms with E-state index in [4.69, 9.17) is 4.74 Å². The third-order valence-electron chi connectivity index (χ3n) is 5.82. The summed E-state index contributed by atoms with van der Waals surface area (Å²) >= 11 is 0. The number of carbonyl (C=O) groups is 2. The zero-order valence-electron chi connectivity index (χ0n) is 17.8. The number of amides is 1. The molecule has 0 unspecified atom stereocenters. The molecule has 1 fully saturated rings. The van der Waals surface area contributed by atoms with Gasteiger partial charge >= 0.3 is 11.7 Å². The number of para-hydroxylation sites is 1. The second-order valence-electron chi connectivity index (χ2n) is 7.76. The van der Waals surface area contributed by atoms with E-state index < -0.39 is 23.1 Å². The molecule has 1 aromatic heterocycles. The second-order valence-corrected chi connectivity index (χ2v) is 7.76. The van der Waals surface area contributed by atoms with E-state index in [1.54, 1.807) is 4.90 Å². The number of hydrogen-bond acceptors (Lipinski definition) is 5. The van der Waals surface area contributed by atoms with Gasteiger partial charge in [0.15, 0.2) is 0 Å². The van der Waals surface area contributed by atoms with Gasteiger partial charge in [-0.25, -0.2) is 4.79 Å². The molecule has 0 N–H and O–H groups in total. The highest BCUT2D eigenvalue weighted by Crippen LogP contribution is 2.33. The van der Waals surface area contributed by atoms with Gasteiger partial charge in [0.05, 0.1) is 11.6 Å². The summed E-state index contributed by atoms with van der Waals surface area (Å²) in [6.07, 6.45) is 1.02. The Morgan fingerprint density at radius 3 is 2.57 bits per heavy atom. The lowest BCUT2D eigenvalue weighted by molar-refractivity contribution is -0.149. The van der Waals surface area contributed by atoms with E-state index >= 15 is 0 Å². The monoisotopic (exact) mass is 413 g/mol. The Bertz CT molecular complexity index is 1080. The minimum atomic E-state index is -0.592. The fourth-order valence-electron chi connectivity index (χ4n) is 3.65. The molecular weight excluding hydrogens is 386 g/mol. The van der Waals surface area contributed by atoms with Crippen molar-refractivity contribution >= 4 is 17.6 Å². The topological polar surface area (TPSA) is 90.6 Å². The molecule has 8 nitrogen and oxygen atoms in total. The summed E-state index contributed by atoms with van der Waals surface area (Å²) < 4.78 is 7.60. The summed E-state index contributed by atoms with van der Waals surface area (Å²) in [5.41, 5.74) is 1.27. The van der Waals surface area contributed by atoms with E-state index in [1.165, 1.54) is 24.7 Å². The van der Waals surface area contributed by atoms with E-state index in [2.05, 4.69) is 13.8 Å². The van der Waals surface area contributed by atoms with Crippen LogP contribution >= 0.6 is 0 Å². The van der Waals surface area contributed by atoms with E-state index in [1.807, 2.05) is 24.3 Å². The van der Waals surface area contributed by atoms with Crippen LogP contribution < -0.4 is 16.1 Å².